The topological polar surface area (TPSA) is 92.3 Å². The average molecular weight is 484 g/mol. The number of esters is 1. The third kappa shape index (κ3) is 6.67. The average Bonchev–Trinajstić information content (AvgIpc) is 2.88. The van der Waals surface area contributed by atoms with Gasteiger partial charge in [-0.05, 0) is 12.0 Å². The van der Waals surface area contributed by atoms with Crippen LogP contribution in [0.25, 0.3) is 0 Å². The summed E-state index contributed by atoms with van der Waals surface area (Å²) in [5, 5.41) is 2.88. The molecule has 1 amide bonds. The number of hydrogen-bond acceptors (Lipinski definition) is 7. The van der Waals surface area contributed by atoms with Crippen LogP contribution in [0.2, 0.25) is 0 Å². The van der Waals surface area contributed by atoms with Gasteiger partial charge in [-0.15, -0.1) is 0 Å². The monoisotopic (exact) mass is 483 g/mol. The van der Waals surface area contributed by atoms with Gasteiger partial charge >= 0.3 is 5.97 Å². The molecule has 0 saturated carbocycles. The van der Waals surface area contributed by atoms with E-state index >= 15 is 0 Å². The second-order valence-electron chi connectivity index (χ2n) is 8.80. The molecule has 0 aromatic heterocycles. The number of benzene rings is 2. The molecule has 0 aliphatic carbocycles. The smallest absolute Gasteiger partial charge is 0.306 e. The van der Waals surface area contributed by atoms with E-state index in [9.17, 15) is 9.59 Å². The maximum absolute atomic E-state index is 12.7. The first-order valence-corrected chi connectivity index (χ1v) is 12.1. The van der Waals surface area contributed by atoms with Gasteiger partial charge in [-0.2, -0.15) is 0 Å². The Bertz CT molecular complexity index is 955. The molecule has 0 bridgehead atoms. The fourth-order valence-electron chi connectivity index (χ4n) is 4.31. The highest BCUT2D eigenvalue weighted by molar-refractivity contribution is 5.73. The van der Waals surface area contributed by atoms with Crippen LogP contribution >= 0.6 is 0 Å². The van der Waals surface area contributed by atoms with E-state index in [0.717, 1.165) is 17.5 Å². The minimum absolute atomic E-state index is 0.227. The van der Waals surface area contributed by atoms with Crippen LogP contribution in [0.3, 0.4) is 0 Å². The number of amides is 1. The molecule has 2 aliphatic rings. The number of unbranched alkanes of at least 4 members (excludes halogenated alkanes) is 1. The highest BCUT2D eigenvalue weighted by atomic mass is 16.8. The number of carbonyl (C=O) groups is 2. The molecule has 2 aliphatic heterocycles. The van der Waals surface area contributed by atoms with Crippen LogP contribution in [-0.2, 0) is 39.9 Å². The second kappa shape index (κ2) is 12.3. The first kappa shape index (κ1) is 25.3. The molecule has 2 heterocycles. The molecule has 2 fully saturated rings. The van der Waals surface area contributed by atoms with Crippen molar-refractivity contribution < 1.29 is 33.3 Å². The lowest BCUT2D eigenvalue weighted by Crippen LogP contribution is -2.67. The Balaban J connectivity index is 1.57. The second-order valence-corrected chi connectivity index (χ2v) is 8.80. The zero-order valence-electron chi connectivity index (χ0n) is 20.1. The predicted molar refractivity (Wildman–Crippen MR) is 127 cm³/mol. The zero-order valence-corrected chi connectivity index (χ0v) is 20.1. The Kier molecular flexibility index (Phi) is 8.87. The molecule has 8 heteroatoms. The Morgan fingerprint density at radius 3 is 2.43 bits per heavy atom. The summed E-state index contributed by atoms with van der Waals surface area (Å²) in [6.07, 6.45) is -1.62. The Labute approximate surface area is 205 Å². The van der Waals surface area contributed by atoms with Gasteiger partial charge in [0, 0.05) is 18.9 Å². The van der Waals surface area contributed by atoms with E-state index in [-0.39, 0.29) is 31.5 Å². The lowest BCUT2D eigenvalue weighted by Gasteiger charge is -2.48. The lowest BCUT2D eigenvalue weighted by molar-refractivity contribution is -0.346. The fraction of sp³-hybridized carbons (Fsp3) is 0.481. The van der Waals surface area contributed by atoms with Crippen molar-refractivity contribution >= 4 is 11.9 Å². The molecule has 0 spiro atoms. The van der Waals surface area contributed by atoms with E-state index in [0.29, 0.717) is 6.42 Å². The molecule has 0 unspecified atom stereocenters. The van der Waals surface area contributed by atoms with E-state index in [1.807, 2.05) is 67.6 Å². The van der Waals surface area contributed by atoms with Gasteiger partial charge in [-0.1, -0.05) is 74.0 Å². The van der Waals surface area contributed by atoms with Crippen molar-refractivity contribution in [3.8, 4) is 0 Å². The maximum Gasteiger partial charge on any atom is 0.306 e. The van der Waals surface area contributed by atoms with Crippen LogP contribution in [0, 0.1) is 0 Å². The summed E-state index contributed by atoms with van der Waals surface area (Å²) >= 11 is 0. The van der Waals surface area contributed by atoms with Gasteiger partial charge in [0.15, 0.2) is 18.7 Å². The van der Waals surface area contributed by atoms with Crippen molar-refractivity contribution in [3.63, 3.8) is 0 Å². The summed E-state index contributed by atoms with van der Waals surface area (Å²) in [5.74, 6) is -0.632. The highest BCUT2D eigenvalue weighted by Gasteiger charge is 2.52. The molecule has 35 heavy (non-hydrogen) atoms. The Hall–Kier alpha value is -2.78. The molecular weight excluding hydrogens is 450 g/mol. The third-order valence-corrected chi connectivity index (χ3v) is 6.04. The number of rotatable bonds is 9. The SMILES string of the molecule is CCCCC(=O)O[C@H]1[C@H](NC(C)=O)[C@H](OCc2ccccc2)O[C@@H]2CO[C@@H](c3ccccc3)O[C@@H]12. The van der Waals surface area contributed by atoms with Gasteiger partial charge in [-0.3, -0.25) is 9.59 Å². The van der Waals surface area contributed by atoms with Crippen molar-refractivity contribution in [2.24, 2.45) is 0 Å². The number of ether oxygens (including phenoxy) is 5. The van der Waals surface area contributed by atoms with Crippen LogP contribution in [0.15, 0.2) is 60.7 Å². The number of carbonyl (C=O) groups excluding carboxylic acids is 2. The van der Waals surface area contributed by atoms with E-state index in [4.69, 9.17) is 23.7 Å². The van der Waals surface area contributed by atoms with Gasteiger partial charge in [-0.25, -0.2) is 0 Å². The van der Waals surface area contributed by atoms with Crippen LogP contribution in [0.1, 0.15) is 50.5 Å². The standard InChI is InChI=1S/C27H33NO7/c1-3-4-15-22(30)34-25-23(28-18(2)29)27(31-16-19-11-7-5-8-12-19)33-21-17-32-26(35-24(21)25)20-13-9-6-10-14-20/h5-14,21,23-27H,3-4,15-17H2,1-2H3,(H,28,29)/t21-,23+,24-,25+,26-,27-/m1/s1. The van der Waals surface area contributed by atoms with Crippen LogP contribution in [0.5, 0.6) is 0 Å². The van der Waals surface area contributed by atoms with Crippen molar-refractivity contribution in [1.82, 2.24) is 5.32 Å². The first-order chi connectivity index (χ1) is 17.0. The van der Waals surface area contributed by atoms with Crippen molar-refractivity contribution in [3.05, 3.63) is 71.8 Å². The first-order valence-electron chi connectivity index (χ1n) is 12.1. The van der Waals surface area contributed by atoms with Gasteiger partial charge in [0.1, 0.15) is 18.2 Å². The molecule has 2 saturated heterocycles. The molecule has 2 aromatic rings. The molecule has 8 nitrogen and oxygen atoms in total. The van der Waals surface area contributed by atoms with Crippen molar-refractivity contribution in [1.29, 1.82) is 0 Å². The van der Waals surface area contributed by atoms with Gasteiger partial charge in [0.05, 0.1) is 13.2 Å². The fourth-order valence-corrected chi connectivity index (χ4v) is 4.31. The van der Waals surface area contributed by atoms with Crippen LogP contribution < -0.4 is 5.32 Å². The number of hydrogen-bond donors (Lipinski definition) is 1. The van der Waals surface area contributed by atoms with E-state index in [1.165, 1.54) is 6.92 Å². The lowest BCUT2D eigenvalue weighted by atomic mass is 9.95. The summed E-state index contributed by atoms with van der Waals surface area (Å²) in [7, 11) is 0. The van der Waals surface area contributed by atoms with Crippen LogP contribution in [-0.4, -0.2) is 49.1 Å². The van der Waals surface area contributed by atoms with Crippen molar-refractivity contribution in [2.45, 2.75) is 76.7 Å². The van der Waals surface area contributed by atoms with E-state index < -0.39 is 36.9 Å². The Morgan fingerprint density at radius 2 is 1.74 bits per heavy atom. The maximum atomic E-state index is 12.7. The van der Waals surface area contributed by atoms with Gasteiger partial charge in [0.2, 0.25) is 5.91 Å². The Morgan fingerprint density at radius 1 is 1.03 bits per heavy atom. The minimum atomic E-state index is -0.857. The summed E-state index contributed by atoms with van der Waals surface area (Å²) in [4.78, 5) is 24.9. The third-order valence-electron chi connectivity index (χ3n) is 6.04. The van der Waals surface area contributed by atoms with Crippen molar-refractivity contribution in [2.75, 3.05) is 6.61 Å². The number of fused-ring (bicyclic) bond motifs is 1. The molecule has 188 valence electrons. The number of nitrogens with one attached hydrogen (secondary N) is 1. The van der Waals surface area contributed by atoms with E-state index in [2.05, 4.69) is 5.32 Å². The minimum Gasteiger partial charge on any atom is -0.457 e. The predicted octanol–water partition coefficient (Wildman–Crippen LogP) is 3.65. The molecular formula is C27H33NO7. The summed E-state index contributed by atoms with van der Waals surface area (Å²) in [6.45, 7) is 3.92. The largest absolute Gasteiger partial charge is 0.457 e. The van der Waals surface area contributed by atoms with E-state index in [1.54, 1.807) is 0 Å². The summed E-state index contributed by atoms with van der Waals surface area (Å²) < 4.78 is 30.5. The molecule has 6 atom stereocenters. The molecule has 2 aromatic carbocycles. The highest BCUT2D eigenvalue weighted by Crippen LogP contribution is 2.36. The normalized spacial score (nSPS) is 28.1. The molecule has 0 radical (unpaired) electrons. The quantitative estimate of drug-likeness (QED) is 0.544. The zero-order chi connectivity index (χ0) is 24.6. The van der Waals surface area contributed by atoms with Gasteiger partial charge in [0.25, 0.3) is 0 Å². The van der Waals surface area contributed by atoms with Crippen LogP contribution in [0.4, 0.5) is 0 Å². The van der Waals surface area contributed by atoms with Gasteiger partial charge < -0.3 is 29.0 Å². The summed E-state index contributed by atoms with van der Waals surface area (Å²) in [5.41, 5.74) is 1.80. The molecule has 4 rings (SSSR count). The molecule has 1 N–H and O–H groups in total. The summed E-state index contributed by atoms with van der Waals surface area (Å²) in [6, 6.07) is 18.5.